The zero-order valence-electron chi connectivity index (χ0n) is 19.4. The molecular formula is C28H31FN2O2. The molecule has 0 aliphatic carbocycles. The standard InChI is InChI=1S/C28H31FN2O2/c1-20(2)30-28(33)26(17-22-11-5-4-6-12-22)31(19-24-14-7-8-15-25(24)29)27(32)18-23-13-9-10-21(3)16-23/h4-16,20,26H,17-19H2,1-3H3,(H,30,33). The number of amides is 2. The summed E-state index contributed by atoms with van der Waals surface area (Å²) in [6.45, 7) is 5.75. The molecule has 1 atom stereocenters. The van der Waals surface area contributed by atoms with E-state index in [0.29, 0.717) is 12.0 Å². The van der Waals surface area contributed by atoms with Crippen LogP contribution in [0.2, 0.25) is 0 Å². The quantitative estimate of drug-likeness (QED) is 0.511. The summed E-state index contributed by atoms with van der Waals surface area (Å²) in [5.41, 5.74) is 3.23. The molecule has 0 fully saturated rings. The third kappa shape index (κ3) is 7.01. The number of nitrogens with one attached hydrogen (secondary N) is 1. The Morgan fingerprint density at radius 2 is 1.58 bits per heavy atom. The number of hydrogen-bond donors (Lipinski definition) is 1. The topological polar surface area (TPSA) is 49.4 Å². The van der Waals surface area contributed by atoms with Gasteiger partial charge in [-0.05, 0) is 38.0 Å². The Labute approximate surface area is 195 Å². The molecule has 0 spiro atoms. The van der Waals surface area contributed by atoms with Gasteiger partial charge in [-0.15, -0.1) is 0 Å². The first-order valence-electron chi connectivity index (χ1n) is 11.3. The van der Waals surface area contributed by atoms with Crippen LogP contribution in [0.4, 0.5) is 4.39 Å². The molecule has 33 heavy (non-hydrogen) atoms. The summed E-state index contributed by atoms with van der Waals surface area (Å²) in [6.07, 6.45) is 0.476. The van der Waals surface area contributed by atoms with Gasteiger partial charge in [-0.2, -0.15) is 0 Å². The molecule has 3 aromatic carbocycles. The van der Waals surface area contributed by atoms with Crippen molar-refractivity contribution in [1.82, 2.24) is 10.2 Å². The fourth-order valence-corrected chi connectivity index (χ4v) is 3.84. The molecule has 0 saturated carbocycles. The molecule has 172 valence electrons. The lowest BCUT2D eigenvalue weighted by atomic mass is 10.0. The Kier molecular flexibility index (Phi) is 8.36. The summed E-state index contributed by atoms with van der Waals surface area (Å²) >= 11 is 0. The van der Waals surface area contributed by atoms with Gasteiger partial charge in [0.2, 0.25) is 11.8 Å². The van der Waals surface area contributed by atoms with E-state index in [0.717, 1.165) is 16.7 Å². The van der Waals surface area contributed by atoms with Crippen LogP contribution in [0.5, 0.6) is 0 Å². The van der Waals surface area contributed by atoms with Crippen molar-refractivity contribution in [3.8, 4) is 0 Å². The van der Waals surface area contributed by atoms with Crippen LogP contribution in [0.1, 0.15) is 36.1 Å². The van der Waals surface area contributed by atoms with Crippen LogP contribution in [0.25, 0.3) is 0 Å². The Morgan fingerprint density at radius 3 is 2.24 bits per heavy atom. The molecule has 0 radical (unpaired) electrons. The highest BCUT2D eigenvalue weighted by Crippen LogP contribution is 2.18. The number of hydrogen-bond acceptors (Lipinski definition) is 2. The number of rotatable bonds is 9. The zero-order valence-corrected chi connectivity index (χ0v) is 19.4. The second-order valence-electron chi connectivity index (χ2n) is 8.65. The molecule has 3 aromatic rings. The van der Waals surface area contributed by atoms with Crippen molar-refractivity contribution in [2.45, 2.75) is 52.2 Å². The Bertz CT molecular complexity index is 1080. The van der Waals surface area contributed by atoms with Gasteiger partial charge in [0.1, 0.15) is 11.9 Å². The number of benzene rings is 3. The molecule has 0 bridgehead atoms. The molecule has 0 aliphatic heterocycles. The van der Waals surface area contributed by atoms with Crippen LogP contribution in [-0.2, 0) is 29.0 Å². The zero-order chi connectivity index (χ0) is 23.8. The molecule has 3 rings (SSSR count). The van der Waals surface area contributed by atoms with E-state index >= 15 is 0 Å². The fourth-order valence-electron chi connectivity index (χ4n) is 3.84. The number of carbonyl (C=O) groups is 2. The average molecular weight is 447 g/mol. The molecular weight excluding hydrogens is 415 g/mol. The van der Waals surface area contributed by atoms with Gasteiger partial charge in [-0.3, -0.25) is 9.59 Å². The van der Waals surface area contributed by atoms with Crippen molar-refractivity contribution in [2.24, 2.45) is 0 Å². The highest BCUT2D eigenvalue weighted by atomic mass is 19.1. The first kappa shape index (κ1) is 24.2. The van der Waals surface area contributed by atoms with Gasteiger partial charge >= 0.3 is 0 Å². The maximum absolute atomic E-state index is 14.6. The van der Waals surface area contributed by atoms with Gasteiger partial charge < -0.3 is 10.2 Å². The van der Waals surface area contributed by atoms with Gasteiger partial charge in [0.05, 0.1) is 6.42 Å². The molecule has 2 amide bonds. The fraction of sp³-hybridized carbons (Fsp3) is 0.286. The highest BCUT2D eigenvalue weighted by molar-refractivity contribution is 5.89. The van der Waals surface area contributed by atoms with E-state index in [-0.39, 0.29) is 30.8 Å². The lowest BCUT2D eigenvalue weighted by Crippen LogP contribution is -2.52. The summed E-state index contributed by atoms with van der Waals surface area (Å²) < 4.78 is 14.6. The molecule has 5 heteroatoms. The van der Waals surface area contributed by atoms with E-state index < -0.39 is 11.9 Å². The molecule has 0 saturated heterocycles. The van der Waals surface area contributed by atoms with Crippen molar-refractivity contribution in [2.75, 3.05) is 0 Å². The van der Waals surface area contributed by atoms with Crippen LogP contribution in [0.3, 0.4) is 0 Å². The predicted octanol–water partition coefficient (Wildman–Crippen LogP) is 4.84. The van der Waals surface area contributed by atoms with Crippen LogP contribution >= 0.6 is 0 Å². The summed E-state index contributed by atoms with van der Waals surface area (Å²) in [6, 6.07) is 22.8. The minimum absolute atomic E-state index is 0.0142. The minimum atomic E-state index is -0.772. The molecule has 0 heterocycles. The van der Waals surface area contributed by atoms with E-state index in [4.69, 9.17) is 0 Å². The summed E-state index contributed by atoms with van der Waals surface area (Å²) in [5, 5.41) is 2.95. The van der Waals surface area contributed by atoms with E-state index in [9.17, 15) is 14.0 Å². The second kappa shape index (κ2) is 11.4. The molecule has 0 aromatic heterocycles. The minimum Gasteiger partial charge on any atom is -0.352 e. The third-order valence-corrected chi connectivity index (χ3v) is 5.44. The predicted molar refractivity (Wildman–Crippen MR) is 129 cm³/mol. The van der Waals surface area contributed by atoms with Gasteiger partial charge in [-0.1, -0.05) is 78.4 Å². The monoisotopic (exact) mass is 446 g/mol. The van der Waals surface area contributed by atoms with Gasteiger partial charge in [0, 0.05) is 24.6 Å². The maximum atomic E-state index is 14.6. The van der Waals surface area contributed by atoms with Gasteiger partial charge in [-0.25, -0.2) is 4.39 Å². The maximum Gasteiger partial charge on any atom is 0.243 e. The lowest BCUT2D eigenvalue weighted by molar-refractivity contribution is -0.141. The first-order chi connectivity index (χ1) is 15.8. The highest BCUT2D eigenvalue weighted by Gasteiger charge is 2.31. The van der Waals surface area contributed by atoms with Crippen LogP contribution in [0.15, 0.2) is 78.9 Å². The van der Waals surface area contributed by atoms with E-state index in [1.165, 1.54) is 11.0 Å². The van der Waals surface area contributed by atoms with Crippen LogP contribution in [0, 0.1) is 12.7 Å². The van der Waals surface area contributed by atoms with E-state index in [2.05, 4.69) is 5.32 Å². The summed E-state index contributed by atoms with van der Waals surface area (Å²) in [5.74, 6) is -0.861. The van der Waals surface area contributed by atoms with Crippen LogP contribution < -0.4 is 5.32 Å². The third-order valence-electron chi connectivity index (χ3n) is 5.44. The Hall–Kier alpha value is -3.47. The SMILES string of the molecule is Cc1cccc(CC(=O)N(Cc2ccccc2F)C(Cc2ccccc2)C(=O)NC(C)C)c1. The molecule has 1 unspecified atom stereocenters. The Balaban J connectivity index is 1.98. The smallest absolute Gasteiger partial charge is 0.243 e. The van der Waals surface area contributed by atoms with Crippen molar-refractivity contribution in [3.63, 3.8) is 0 Å². The second-order valence-corrected chi connectivity index (χ2v) is 8.65. The van der Waals surface area contributed by atoms with Crippen molar-refractivity contribution in [1.29, 1.82) is 0 Å². The summed E-state index contributed by atoms with van der Waals surface area (Å²) in [7, 11) is 0. The molecule has 4 nitrogen and oxygen atoms in total. The van der Waals surface area contributed by atoms with Crippen molar-refractivity contribution < 1.29 is 14.0 Å². The van der Waals surface area contributed by atoms with Gasteiger partial charge in [0.25, 0.3) is 0 Å². The first-order valence-corrected chi connectivity index (χ1v) is 11.3. The molecule has 1 N–H and O–H groups in total. The van der Waals surface area contributed by atoms with Gasteiger partial charge in [0.15, 0.2) is 0 Å². The lowest BCUT2D eigenvalue weighted by Gasteiger charge is -2.32. The number of aryl methyl sites for hydroxylation is 1. The average Bonchev–Trinajstić information content (AvgIpc) is 2.77. The number of carbonyl (C=O) groups excluding carboxylic acids is 2. The number of halogens is 1. The van der Waals surface area contributed by atoms with E-state index in [1.807, 2.05) is 75.4 Å². The normalized spacial score (nSPS) is 11.8. The van der Waals surface area contributed by atoms with Crippen molar-refractivity contribution in [3.05, 3.63) is 107 Å². The van der Waals surface area contributed by atoms with Crippen molar-refractivity contribution >= 4 is 11.8 Å². The van der Waals surface area contributed by atoms with Crippen LogP contribution in [-0.4, -0.2) is 28.8 Å². The van der Waals surface area contributed by atoms with E-state index in [1.54, 1.807) is 18.2 Å². The largest absolute Gasteiger partial charge is 0.352 e. The summed E-state index contributed by atoms with van der Waals surface area (Å²) in [4.78, 5) is 28.4. The Morgan fingerprint density at radius 1 is 0.909 bits per heavy atom. The number of nitrogens with zero attached hydrogens (tertiary/aromatic N) is 1. The molecule has 0 aliphatic rings.